The second kappa shape index (κ2) is 7.38. The van der Waals surface area contributed by atoms with E-state index in [1.165, 1.54) is 0 Å². The van der Waals surface area contributed by atoms with Crippen LogP contribution >= 0.6 is 0 Å². The molecule has 1 aromatic carbocycles. The van der Waals surface area contributed by atoms with Crippen molar-refractivity contribution in [3.63, 3.8) is 0 Å². The van der Waals surface area contributed by atoms with Gasteiger partial charge in [0.1, 0.15) is 0 Å². The van der Waals surface area contributed by atoms with Crippen molar-refractivity contribution >= 4 is 5.91 Å². The third kappa shape index (κ3) is 3.79. The van der Waals surface area contributed by atoms with Gasteiger partial charge in [0.05, 0.1) is 25.7 Å². The summed E-state index contributed by atoms with van der Waals surface area (Å²) in [6.07, 6.45) is 0. The van der Waals surface area contributed by atoms with Crippen LogP contribution in [-0.2, 0) is 27.4 Å². The maximum Gasteiger partial charge on any atom is 0.227 e. The lowest BCUT2D eigenvalue weighted by molar-refractivity contribution is -0.125. The normalized spacial score (nSPS) is 21.9. The average molecular weight is 278 g/mol. The van der Waals surface area contributed by atoms with Gasteiger partial charge in [0.2, 0.25) is 5.91 Å². The van der Waals surface area contributed by atoms with Crippen LogP contribution in [0.25, 0.3) is 0 Å². The molecule has 1 aromatic rings. The fourth-order valence-electron chi connectivity index (χ4n) is 2.24. The minimum Gasteiger partial charge on any atom is -0.379 e. The van der Waals surface area contributed by atoms with Crippen LogP contribution in [-0.4, -0.2) is 31.8 Å². The summed E-state index contributed by atoms with van der Waals surface area (Å²) >= 11 is 0. The van der Waals surface area contributed by atoms with Crippen LogP contribution in [0.1, 0.15) is 18.1 Å². The molecule has 2 unspecified atom stereocenters. The predicted molar refractivity (Wildman–Crippen MR) is 75.9 cm³/mol. The maximum atomic E-state index is 12.1. The molecular weight excluding hydrogens is 256 g/mol. The van der Waals surface area contributed by atoms with Crippen LogP contribution in [0, 0.1) is 5.92 Å². The third-order valence-corrected chi connectivity index (χ3v) is 3.49. The summed E-state index contributed by atoms with van der Waals surface area (Å²) in [6, 6.07) is 7.75. The molecule has 1 heterocycles. The molecule has 1 amide bonds. The second-order valence-electron chi connectivity index (χ2n) is 4.93. The zero-order valence-corrected chi connectivity index (χ0v) is 11.8. The van der Waals surface area contributed by atoms with Gasteiger partial charge in [-0.1, -0.05) is 24.3 Å². The second-order valence-corrected chi connectivity index (χ2v) is 4.93. The van der Waals surface area contributed by atoms with Gasteiger partial charge in [0.25, 0.3) is 0 Å². The first kappa shape index (κ1) is 15.0. The van der Waals surface area contributed by atoms with Crippen LogP contribution in [0.15, 0.2) is 24.3 Å². The fraction of sp³-hybridized carbons (Fsp3) is 0.533. The number of carbonyl (C=O) groups excluding carboxylic acids is 1. The number of nitrogens with one attached hydrogen (secondary N) is 1. The highest BCUT2D eigenvalue weighted by Gasteiger charge is 2.31. The summed E-state index contributed by atoms with van der Waals surface area (Å²) < 4.78 is 10.6. The van der Waals surface area contributed by atoms with Gasteiger partial charge >= 0.3 is 0 Å². The molecule has 0 spiro atoms. The SMILES string of the molecule is CCOCc1ccccc1CNC(=O)C1COCC1N. The largest absolute Gasteiger partial charge is 0.379 e. The standard InChI is InChI=1S/C15H22N2O3/c1-2-19-8-12-6-4-3-5-11(12)7-17-15(18)13-9-20-10-14(13)16/h3-6,13-14H,2,7-10,16H2,1H3,(H,17,18). The molecule has 3 N–H and O–H groups in total. The summed E-state index contributed by atoms with van der Waals surface area (Å²) in [6.45, 7) is 4.56. The number of nitrogens with two attached hydrogens (primary N) is 1. The number of hydrogen-bond donors (Lipinski definition) is 2. The molecule has 0 radical (unpaired) electrons. The minimum atomic E-state index is -0.242. The summed E-state index contributed by atoms with van der Waals surface area (Å²) in [7, 11) is 0. The molecule has 5 heteroatoms. The van der Waals surface area contributed by atoms with Crippen LogP contribution in [0.4, 0.5) is 0 Å². The Labute approximate surface area is 119 Å². The highest BCUT2D eigenvalue weighted by molar-refractivity contribution is 5.79. The predicted octanol–water partition coefficient (Wildman–Crippen LogP) is 0.813. The lowest BCUT2D eigenvalue weighted by Gasteiger charge is -2.15. The summed E-state index contributed by atoms with van der Waals surface area (Å²) in [5, 5.41) is 2.93. The number of amides is 1. The molecule has 2 rings (SSSR count). The Balaban J connectivity index is 1.91. The minimum absolute atomic E-state index is 0.0405. The summed E-state index contributed by atoms with van der Waals surface area (Å²) in [5.41, 5.74) is 8.01. The molecule has 1 aliphatic rings. The number of rotatable bonds is 6. The summed E-state index contributed by atoms with van der Waals surface area (Å²) in [4.78, 5) is 12.1. The molecule has 0 bridgehead atoms. The van der Waals surface area contributed by atoms with Crippen molar-refractivity contribution in [2.24, 2.45) is 11.7 Å². The van der Waals surface area contributed by atoms with Gasteiger partial charge in [-0.05, 0) is 18.1 Å². The molecule has 2 atom stereocenters. The first-order valence-corrected chi connectivity index (χ1v) is 6.98. The van der Waals surface area contributed by atoms with E-state index in [4.69, 9.17) is 15.2 Å². The lowest BCUT2D eigenvalue weighted by Crippen LogP contribution is -2.40. The van der Waals surface area contributed by atoms with E-state index in [9.17, 15) is 4.79 Å². The van der Waals surface area contributed by atoms with Crippen molar-refractivity contribution in [2.45, 2.75) is 26.1 Å². The van der Waals surface area contributed by atoms with E-state index in [1.54, 1.807) is 0 Å². The maximum absolute atomic E-state index is 12.1. The molecule has 20 heavy (non-hydrogen) atoms. The van der Waals surface area contributed by atoms with E-state index in [2.05, 4.69) is 5.32 Å². The zero-order valence-electron chi connectivity index (χ0n) is 11.8. The average Bonchev–Trinajstić information content (AvgIpc) is 2.89. The first-order chi connectivity index (χ1) is 9.72. The van der Waals surface area contributed by atoms with E-state index in [1.807, 2.05) is 31.2 Å². The molecule has 110 valence electrons. The zero-order chi connectivity index (χ0) is 14.4. The lowest BCUT2D eigenvalue weighted by atomic mass is 10.0. The molecule has 1 saturated heterocycles. The van der Waals surface area contributed by atoms with Gasteiger partial charge in [0.15, 0.2) is 0 Å². The monoisotopic (exact) mass is 278 g/mol. The van der Waals surface area contributed by atoms with Crippen molar-refractivity contribution in [1.82, 2.24) is 5.32 Å². The van der Waals surface area contributed by atoms with E-state index < -0.39 is 0 Å². The molecule has 5 nitrogen and oxygen atoms in total. The topological polar surface area (TPSA) is 73.6 Å². The molecule has 1 aliphatic heterocycles. The number of ether oxygens (including phenoxy) is 2. The molecule has 1 fully saturated rings. The fourth-order valence-corrected chi connectivity index (χ4v) is 2.24. The Kier molecular flexibility index (Phi) is 5.52. The van der Waals surface area contributed by atoms with Crippen molar-refractivity contribution in [3.8, 4) is 0 Å². The Morgan fingerprint density at radius 2 is 2.15 bits per heavy atom. The summed E-state index contributed by atoms with van der Waals surface area (Å²) in [5.74, 6) is -0.282. The first-order valence-electron chi connectivity index (χ1n) is 6.98. The van der Waals surface area contributed by atoms with Crippen molar-refractivity contribution in [2.75, 3.05) is 19.8 Å². The van der Waals surface area contributed by atoms with Gasteiger partial charge < -0.3 is 20.5 Å². The molecule has 0 saturated carbocycles. The van der Waals surface area contributed by atoms with E-state index in [-0.39, 0.29) is 17.9 Å². The van der Waals surface area contributed by atoms with E-state index in [0.29, 0.717) is 33.0 Å². The van der Waals surface area contributed by atoms with Crippen LogP contribution in [0.5, 0.6) is 0 Å². The van der Waals surface area contributed by atoms with Gasteiger partial charge in [-0.15, -0.1) is 0 Å². The van der Waals surface area contributed by atoms with E-state index in [0.717, 1.165) is 11.1 Å². The smallest absolute Gasteiger partial charge is 0.227 e. The quantitative estimate of drug-likeness (QED) is 0.807. The highest BCUT2D eigenvalue weighted by Crippen LogP contribution is 2.13. The van der Waals surface area contributed by atoms with Gasteiger partial charge in [-0.3, -0.25) is 4.79 Å². The van der Waals surface area contributed by atoms with Crippen LogP contribution in [0.2, 0.25) is 0 Å². The van der Waals surface area contributed by atoms with Crippen molar-refractivity contribution < 1.29 is 14.3 Å². The molecule has 0 aromatic heterocycles. The van der Waals surface area contributed by atoms with E-state index >= 15 is 0 Å². The Hall–Kier alpha value is -1.43. The van der Waals surface area contributed by atoms with Crippen molar-refractivity contribution in [1.29, 1.82) is 0 Å². The Morgan fingerprint density at radius 1 is 1.40 bits per heavy atom. The number of benzene rings is 1. The molecule has 0 aliphatic carbocycles. The number of carbonyl (C=O) groups is 1. The van der Waals surface area contributed by atoms with Gasteiger partial charge in [0, 0.05) is 19.2 Å². The Morgan fingerprint density at radius 3 is 2.80 bits per heavy atom. The van der Waals surface area contributed by atoms with Gasteiger partial charge in [-0.2, -0.15) is 0 Å². The van der Waals surface area contributed by atoms with Gasteiger partial charge in [-0.25, -0.2) is 0 Å². The number of hydrogen-bond acceptors (Lipinski definition) is 4. The highest BCUT2D eigenvalue weighted by atomic mass is 16.5. The Bertz CT molecular complexity index is 450. The molecular formula is C15H22N2O3. The van der Waals surface area contributed by atoms with Crippen LogP contribution < -0.4 is 11.1 Å². The third-order valence-electron chi connectivity index (χ3n) is 3.49. The van der Waals surface area contributed by atoms with Crippen LogP contribution in [0.3, 0.4) is 0 Å². The van der Waals surface area contributed by atoms with Crippen molar-refractivity contribution in [3.05, 3.63) is 35.4 Å².